The van der Waals surface area contributed by atoms with Gasteiger partial charge in [-0.1, -0.05) is 12.1 Å². The molecular weight excluding hydrogens is 320 g/mol. The van der Waals surface area contributed by atoms with Crippen molar-refractivity contribution < 1.29 is 14.7 Å². The van der Waals surface area contributed by atoms with E-state index in [1.807, 2.05) is 24.0 Å². The summed E-state index contributed by atoms with van der Waals surface area (Å²) in [6.07, 6.45) is 2.83. The maximum absolute atomic E-state index is 12.3. The number of aromatic amines is 1. The Morgan fingerprint density at radius 3 is 2.72 bits per heavy atom. The van der Waals surface area contributed by atoms with Gasteiger partial charge in [-0.2, -0.15) is 5.10 Å². The predicted molar refractivity (Wildman–Crippen MR) is 91.2 cm³/mol. The van der Waals surface area contributed by atoms with Crippen molar-refractivity contribution in [1.29, 1.82) is 0 Å². The molecule has 1 fully saturated rings. The summed E-state index contributed by atoms with van der Waals surface area (Å²) in [6.45, 7) is 3.38. The lowest BCUT2D eigenvalue weighted by atomic mass is 9.98. The van der Waals surface area contributed by atoms with Crippen LogP contribution in [0.25, 0.3) is 0 Å². The number of carboxylic acids is 1. The number of aromatic nitrogens is 3. The number of rotatable bonds is 6. The molecule has 1 amide bonds. The van der Waals surface area contributed by atoms with Gasteiger partial charge in [-0.15, -0.1) is 0 Å². The van der Waals surface area contributed by atoms with Crippen LogP contribution in [0.1, 0.15) is 40.4 Å². The van der Waals surface area contributed by atoms with Crippen LogP contribution in [0, 0.1) is 12.8 Å². The molecule has 0 spiro atoms. The average molecular weight is 342 g/mol. The maximum atomic E-state index is 12.3. The molecule has 0 saturated carbocycles. The lowest BCUT2D eigenvalue weighted by molar-refractivity contribution is -0.130. The van der Waals surface area contributed by atoms with Crippen molar-refractivity contribution in [3.8, 4) is 0 Å². The summed E-state index contributed by atoms with van der Waals surface area (Å²) in [5.74, 6) is 1.10. The van der Waals surface area contributed by atoms with E-state index >= 15 is 0 Å². The number of amides is 1. The number of hydrogen-bond acceptors (Lipinski definition) is 4. The quantitative estimate of drug-likeness (QED) is 0.834. The van der Waals surface area contributed by atoms with Crippen molar-refractivity contribution in [3.05, 3.63) is 47.0 Å². The van der Waals surface area contributed by atoms with E-state index in [0.29, 0.717) is 30.1 Å². The van der Waals surface area contributed by atoms with Crippen LogP contribution in [0.5, 0.6) is 0 Å². The fourth-order valence-electron chi connectivity index (χ4n) is 3.22. The highest BCUT2D eigenvalue weighted by molar-refractivity contribution is 5.87. The molecule has 1 saturated heterocycles. The Morgan fingerprint density at radius 2 is 2.08 bits per heavy atom. The molecular formula is C18H22N4O3. The van der Waals surface area contributed by atoms with Crippen LogP contribution in [0.4, 0.5) is 0 Å². The third-order valence-electron chi connectivity index (χ3n) is 4.57. The van der Waals surface area contributed by atoms with Crippen LogP contribution in [-0.4, -0.2) is 50.2 Å². The van der Waals surface area contributed by atoms with Crippen LogP contribution in [0.3, 0.4) is 0 Å². The Morgan fingerprint density at radius 1 is 1.32 bits per heavy atom. The van der Waals surface area contributed by atoms with E-state index in [-0.39, 0.29) is 5.91 Å². The molecule has 1 aromatic heterocycles. The number of aromatic carboxylic acids is 1. The van der Waals surface area contributed by atoms with Gasteiger partial charge in [-0.25, -0.2) is 9.78 Å². The fourth-order valence-corrected chi connectivity index (χ4v) is 3.22. The molecule has 132 valence electrons. The van der Waals surface area contributed by atoms with Gasteiger partial charge in [0.25, 0.3) is 0 Å². The second-order valence-corrected chi connectivity index (χ2v) is 6.54. The zero-order valence-corrected chi connectivity index (χ0v) is 14.2. The number of hydrogen-bond donors (Lipinski definition) is 2. The number of benzene rings is 1. The highest BCUT2D eigenvalue weighted by Crippen LogP contribution is 2.22. The molecule has 1 aliphatic rings. The Labute approximate surface area is 146 Å². The number of carbonyl (C=O) groups excluding carboxylic acids is 1. The number of carbonyl (C=O) groups is 2. The largest absolute Gasteiger partial charge is 0.478 e. The summed E-state index contributed by atoms with van der Waals surface area (Å²) in [6, 6.07) is 6.99. The second-order valence-electron chi connectivity index (χ2n) is 6.54. The summed E-state index contributed by atoms with van der Waals surface area (Å²) >= 11 is 0. The second kappa shape index (κ2) is 7.46. The first-order valence-electron chi connectivity index (χ1n) is 8.49. The molecule has 25 heavy (non-hydrogen) atoms. The Bertz CT molecular complexity index is 754. The summed E-state index contributed by atoms with van der Waals surface area (Å²) in [7, 11) is 0. The van der Waals surface area contributed by atoms with E-state index in [1.54, 1.807) is 12.1 Å². The molecule has 7 nitrogen and oxygen atoms in total. The average Bonchev–Trinajstić information content (AvgIpc) is 3.22. The first-order valence-corrected chi connectivity index (χ1v) is 8.49. The Hall–Kier alpha value is -2.70. The number of H-pyrrole nitrogens is 1. The van der Waals surface area contributed by atoms with E-state index < -0.39 is 5.97 Å². The molecule has 3 rings (SSSR count). The number of nitrogens with zero attached hydrogens (tertiary/aromatic N) is 3. The lowest BCUT2D eigenvalue weighted by Crippen LogP contribution is -2.29. The topological polar surface area (TPSA) is 99.2 Å². The van der Waals surface area contributed by atoms with Gasteiger partial charge >= 0.3 is 5.97 Å². The van der Waals surface area contributed by atoms with Gasteiger partial charge < -0.3 is 10.0 Å². The lowest BCUT2D eigenvalue weighted by Gasteiger charge is -2.16. The molecule has 0 bridgehead atoms. The first-order chi connectivity index (χ1) is 12.0. The number of carboxylic acid groups (broad SMARTS) is 1. The van der Waals surface area contributed by atoms with Crippen LogP contribution in [0.2, 0.25) is 0 Å². The van der Waals surface area contributed by atoms with Crippen molar-refractivity contribution in [2.75, 3.05) is 13.1 Å². The summed E-state index contributed by atoms with van der Waals surface area (Å²) in [4.78, 5) is 29.4. The van der Waals surface area contributed by atoms with Crippen LogP contribution in [0.15, 0.2) is 24.3 Å². The van der Waals surface area contributed by atoms with Crippen molar-refractivity contribution >= 4 is 11.9 Å². The zero-order valence-electron chi connectivity index (χ0n) is 14.2. The van der Waals surface area contributed by atoms with Crippen LogP contribution in [-0.2, 0) is 17.6 Å². The summed E-state index contributed by atoms with van der Waals surface area (Å²) in [5, 5.41) is 15.8. The van der Waals surface area contributed by atoms with Gasteiger partial charge in [-0.3, -0.25) is 9.89 Å². The molecule has 7 heteroatoms. The van der Waals surface area contributed by atoms with Crippen LogP contribution >= 0.6 is 0 Å². The summed E-state index contributed by atoms with van der Waals surface area (Å²) < 4.78 is 0. The minimum absolute atomic E-state index is 0.145. The van der Waals surface area contributed by atoms with Gasteiger partial charge in [-0.05, 0) is 43.4 Å². The van der Waals surface area contributed by atoms with Gasteiger partial charge in [0.2, 0.25) is 5.91 Å². The van der Waals surface area contributed by atoms with E-state index in [4.69, 9.17) is 5.11 Å². The number of aryl methyl sites for hydroxylation is 2. The first kappa shape index (κ1) is 17.1. The zero-order chi connectivity index (χ0) is 17.8. The Kier molecular flexibility index (Phi) is 5.11. The van der Waals surface area contributed by atoms with E-state index in [9.17, 15) is 9.59 Å². The SMILES string of the molecule is Cc1nc(CCC(=O)N2CC[C@@H](Cc3ccc(C(=O)O)cc3)C2)n[nH]1. The van der Waals surface area contributed by atoms with Gasteiger partial charge in [0, 0.05) is 25.9 Å². The van der Waals surface area contributed by atoms with Crippen molar-refractivity contribution in [2.24, 2.45) is 5.92 Å². The molecule has 0 radical (unpaired) electrons. The van der Waals surface area contributed by atoms with Gasteiger partial charge in [0.1, 0.15) is 5.82 Å². The highest BCUT2D eigenvalue weighted by atomic mass is 16.4. The molecule has 2 aromatic rings. The molecule has 0 aliphatic carbocycles. The van der Waals surface area contributed by atoms with Crippen molar-refractivity contribution in [1.82, 2.24) is 20.1 Å². The minimum Gasteiger partial charge on any atom is -0.478 e. The van der Waals surface area contributed by atoms with Crippen molar-refractivity contribution in [3.63, 3.8) is 0 Å². The fraction of sp³-hybridized carbons (Fsp3) is 0.444. The van der Waals surface area contributed by atoms with Gasteiger partial charge in [0.15, 0.2) is 5.82 Å². The number of nitrogens with one attached hydrogen (secondary N) is 1. The van der Waals surface area contributed by atoms with Crippen molar-refractivity contribution in [2.45, 2.75) is 32.6 Å². The smallest absolute Gasteiger partial charge is 0.335 e. The monoisotopic (exact) mass is 342 g/mol. The third kappa shape index (κ3) is 4.43. The van der Waals surface area contributed by atoms with E-state index in [2.05, 4.69) is 15.2 Å². The standard InChI is InChI=1S/C18H22N4O3/c1-12-19-16(21-20-12)6-7-17(23)22-9-8-14(11-22)10-13-2-4-15(5-3-13)18(24)25/h2-5,14H,6-11H2,1H3,(H,24,25)(H,19,20,21)/t14-/m0/s1. The summed E-state index contributed by atoms with van der Waals surface area (Å²) in [5.41, 5.74) is 1.41. The van der Waals surface area contributed by atoms with Gasteiger partial charge in [0.05, 0.1) is 5.56 Å². The third-order valence-corrected chi connectivity index (χ3v) is 4.57. The molecule has 2 heterocycles. The van der Waals surface area contributed by atoms with E-state index in [1.165, 1.54) is 0 Å². The minimum atomic E-state index is -0.911. The van der Waals surface area contributed by atoms with E-state index in [0.717, 1.165) is 37.3 Å². The highest BCUT2D eigenvalue weighted by Gasteiger charge is 2.26. The predicted octanol–water partition coefficient (Wildman–Crippen LogP) is 1.84. The molecule has 2 N–H and O–H groups in total. The normalized spacial score (nSPS) is 17.0. The molecule has 0 unspecified atom stereocenters. The van der Waals surface area contributed by atoms with Crippen LogP contribution < -0.4 is 0 Å². The Balaban J connectivity index is 1.47. The number of likely N-dealkylation sites (tertiary alicyclic amines) is 1. The maximum Gasteiger partial charge on any atom is 0.335 e. The molecule has 1 atom stereocenters. The molecule has 1 aromatic carbocycles. The molecule has 1 aliphatic heterocycles.